The zero-order chi connectivity index (χ0) is 22.1. The Kier molecular flexibility index (Phi) is 6.19. The summed E-state index contributed by atoms with van der Waals surface area (Å²) in [5, 5.41) is 2.66. The number of carbonyl (C=O) groups excluding carboxylic acids is 1. The topological polar surface area (TPSA) is 66.5 Å². The molecule has 162 valence electrons. The fourth-order valence-electron chi connectivity index (χ4n) is 3.35. The second-order valence-electron chi connectivity index (χ2n) is 7.15. The fourth-order valence-corrected chi connectivity index (χ4v) is 4.85. The molecule has 0 unspecified atom stereocenters. The van der Waals surface area contributed by atoms with Gasteiger partial charge in [-0.3, -0.25) is 4.79 Å². The third-order valence-corrected chi connectivity index (χ3v) is 6.98. The van der Waals surface area contributed by atoms with Gasteiger partial charge >= 0.3 is 6.18 Å². The maximum Gasteiger partial charge on any atom is 0.416 e. The van der Waals surface area contributed by atoms with Gasteiger partial charge in [0.1, 0.15) is 5.82 Å². The van der Waals surface area contributed by atoms with Crippen LogP contribution in [0.2, 0.25) is 0 Å². The van der Waals surface area contributed by atoms with Gasteiger partial charge in [-0.05, 0) is 61.7 Å². The van der Waals surface area contributed by atoms with E-state index >= 15 is 0 Å². The average Bonchev–Trinajstić information content (AvgIpc) is 2.69. The second-order valence-corrected chi connectivity index (χ2v) is 9.09. The molecule has 1 N–H and O–H groups in total. The highest BCUT2D eigenvalue weighted by Crippen LogP contribution is 2.34. The summed E-state index contributed by atoms with van der Waals surface area (Å²) in [5.41, 5.74) is -0.620. The van der Waals surface area contributed by atoms with E-state index in [1.165, 1.54) is 31.2 Å². The quantitative estimate of drug-likeness (QED) is 0.719. The molecule has 0 spiro atoms. The van der Waals surface area contributed by atoms with Crippen LogP contribution in [0.25, 0.3) is 0 Å². The molecule has 0 atom stereocenters. The predicted molar refractivity (Wildman–Crippen MR) is 103 cm³/mol. The summed E-state index contributed by atoms with van der Waals surface area (Å²) < 4.78 is 79.0. The molecule has 1 aliphatic heterocycles. The van der Waals surface area contributed by atoms with E-state index in [1.807, 2.05) is 0 Å². The van der Waals surface area contributed by atoms with Crippen LogP contribution in [0, 0.1) is 18.7 Å². The summed E-state index contributed by atoms with van der Waals surface area (Å²) in [5.74, 6) is -1.20. The maximum absolute atomic E-state index is 13.1. The summed E-state index contributed by atoms with van der Waals surface area (Å²) in [6, 6.07) is 8.21. The number of halogens is 4. The molecule has 5 nitrogen and oxygen atoms in total. The highest BCUT2D eigenvalue weighted by molar-refractivity contribution is 7.89. The van der Waals surface area contributed by atoms with Crippen LogP contribution in [-0.2, 0) is 21.0 Å². The number of amides is 1. The van der Waals surface area contributed by atoms with E-state index in [-0.39, 0.29) is 37.4 Å². The van der Waals surface area contributed by atoms with Crippen molar-refractivity contribution in [1.82, 2.24) is 4.31 Å². The van der Waals surface area contributed by atoms with Crippen molar-refractivity contribution in [3.8, 4) is 0 Å². The first-order valence-corrected chi connectivity index (χ1v) is 10.7. The number of nitrogens with zero attached hydrogens (tertiary/aromatic N) is 1. The Morgan fingerprint density at radius 1 is 1.07 bits per heavy atom. The Morgan fingerprint density at radius 2 is 1.67 bits per heavy atom. The molecule has 30 heavy (non-hydrogen) atoms. The van der Waals surface area contributed by atoms with Crippen molar-refractivity contribution in [3.05, 3.63) is 59.4 Å². The van der Waals surface area contributed by atoms with E-state index in [4.69, 9.17) is 0 Å². The van der Waals surface area contributed by atoms with Crippen molar-refractivity contribution in [2.45, 2.75) is 30.8 Å². The maximum atomic E-state index is 13.1. The Hall–Kier alpha value is -2.46. The molecule has 1 saturated heterocycles. The molecule has 3 rings (SSSR count). The summed E-state index contributed by atoms with van der Waals surface area (Å²) in [4.78, 5) is 12.0. The van der Waals surface area contributed by atoms with Gasteiger partial charge in [-0.25, -0.2) is 12.8 Å². The van der Waals surface area contributed by atoms with Crippen molar-refractivity contribution in [2.24, 2.45) is 5.92 Å². The number of piperidine rings is 1. The minimum absolute atomic E-state index is 0.0130. The molecule has 10 heteroatoms. The monoisotopic (exact) mass is 444 g/mol. The number of benzene rings is 2. The molecule has 1 aliphatic rings. The molecule has 0 aromatic heterocycles. The molecule has 1 fully saturated rings. The Bertz CT molecular complexity index is 1030. The standard InChI is InChI=1S/C20H20F4N2O3S/c1-13-2-7-17(12-18(13)20(22,23)24)30(28,29)26-10-8-14(9-11-26)19(27)25-16-5-3-15(21)4-6-16/h2-7,12,14H,8-11H2,1H3,(H,25,27). The minimum atomic E-state index is -4.65. The molecular weight excluding hydrogens is 424 g/mol. The molecule has 0 bridgehead atoms. The van der Waals surface area contributed by atoms with Crippen LogP contribution < -0.4 is 5.32 Å². The molecule has 0 radical (unpaired) electrons. The summed E-state index contributed by atoms with van der Waals surface area (Å²) >= 11 is 0. The first kappa shape index (κ1) is 22.2. The van der Waals surface area contributed by atoms with Gasteiger partial charge in [0.05, 0.1) is 10.5 Å². The first-order chi connectivity index (χ1) is 14.0. The van der Waals surface area contributed by atoms with Gasteiger partial charge in [-0.2, -0.15) is 17.5 Å². The predicted octanol–water partition coefficient (Wildman–Crippen LogP) is 4.19. The van der Waals surface area contributed by atoms with Gasteiger partial charge in [0, 0.05) is 24.7 Å². The first-order valence-electron chi connectivity index (χ1n) is 9.23. The lowest BCUT2D eigenvalue weighted by molar-refractivity contribution is -0.138. The van der Waals surface area contributed by atoms with Crippen molar-refractivity contribution >= 4 is 21.6 Å². The summed E-state index contributed by atoms with van der Waals surface area (Å²) in [7, 11) is -4.11. The molecule has 2 aromatic carbocycles. The summed E-state index contributed by atoms with van der Waals surface area (Å²) in [6.07, 6.45) is -4.20. The van der Waals surface area contributed by atoms with Gasteiger partial charge in [0.25, 0.3) is 0 Å². The van der Waals surface area contributed by atoms with Crippen LogP contribution in [0.5, 0.6) is 0 Å². The van der Waals surface area contributed by atoms with Gasteiger partial charge in [0.2, 0.25) is 15.9 Å². The van der Waals surface area contributed by atoms with E-state index in [0.717, 1.165) is 16.4 Å². The Labute approximate surface area is 171 Å². The van der Waals surface area contributed by atoms with Crippen LogP contribution in [0.4, 0.5) is 23.2 Å². The van der Waals surface area contributed by atoms with Crippen LogP contribution in [0.1, 0.15) is 24.0 Å². The van der Waals surface area contributed by atoms with Crippen molar-refractivity contribution in [3.63, 3.8) is 0 Å². The number of hydrogen-bond donors (Lipinski definition) is 1. The van der Waals surface area contributed by atoms with Crippen LogP contribution in [-0.4, -0.2) is 31.7 Å². The number of alkyl halides is 3. The van der Waals surface area contributed by atoms with Crippen molar-refractivity contribution in [1.29, 1.82) is 0 Å². The van der Waals surface area contributed by atoms with Crippen LogP contribution in [0.3, 0.4) is 0 Å². The van der Waals surface area contributed by atoms with E-state index in [0.29, 0.717) is 11.8 Å². The lowest BCUT2D eigenvalue weighted by Crippen LogP contribution is -2.41. The van der Waals surface area contributed by atoms with Crippen molar-refractivity contribution in [2.75, 3.05) is 18.4 Å². The Balaban J connectivity index is 1.68. The molecule has 0 saturated carbocycles. The van der Waals surface area contributed by atoms with Gasteiger partial charge in [0.15, 0.2) is 0 Å². The summed E-state index contributed by atoms with van der Waals surface area (Å²) in [6.45, 7) is 1.29. The smallest absolute Gasteiger partial charge is 0.326 e. The average molecular weight is 444 g/mol. The number of carbonyl (C=O) groups is 1. The molecular formula is C20H20F4N2O3S. The number of aryl methyl sites for hydroxylation is 1. The fraction of sp³-hybridized carbons (Fsp3) is 0.350. The SMILES string of the molecule is Cc1ccc(S(=O)(=O)N2CCC(C(=O)Nc3ccc(F)cc3)CC2)cc1C(F)(F)F. The van der Waals surface area contributed by atoms with Crippen molar-refractivity contribution < 1.29 is 30.8 Å². The second kappa shape index (κ2) is 8.35. The zero-order valence-corrected chi connectivity index (χ0v) is 16.9. The normalized spacial score (nSPS) is 16.4. The number of nitrogens with one attached hydrogen (secondary N) is 1. The lowest BCUT2D eigenvalue weighted by Gasteiger charge is -2.30. The zero-order valence-electron chi connectivity index (χ0n) is 16.0. The highest BCUT2D eigenvalue weighted by atomic mass is 32.2. The number of sulfonamides is 1. The van der Waals surface area contributed by atoms with E-state index in [1.54, 1.807) is 0 Å². The van der Waals surface area contributed by atoms with Gasteiger partial charge < -0.3 is 5.32 Å². The van der Waals surface area contributed by atoms with E-state index < -0.39 is 38.4 Å². The third-order valence-electron chi connectivity index (χ3n) is 5.09. The number of rotatable bonds is 4. The van der Waals surface area contributed by atoms with Crippen LogP contribution >= 0.6 is 0 Å². The van der Waals surface area contributed by atoms with E-state index in [2.05, 4.69) is 5.32 Å². The largest absolute Gasteiger partial charge is 0.416 e. The molecule has 2 aromatic rings. The lowest BCUT2D eigenvalue weighted by atomic mass is 9.97. The van der Waals surface area contributed by atoms with Gasteiger partial charge in [-0.1, -0.05) is 6.07 Å². The van der Waals surface area contributed by atoms with Crippen LogP contribution in [0.15, 0.2) is 47.4 Å². The number of hydrogen-bond acceptors (Lipinski definition) is 3. The molecule has 0 aliphatic carbocycles. The molecule has 1 amide bonds. The van der Waals surface area contributed by atoms with E-state index in [9.17, 15) is 30.8 Å². The molecule has 1 heterocycles. The van der Waals surface area contributed by atoms with Gasteiger partial charge in [-0.15, -0.1) is 0 Å². The minimum Gasteiger partial charge on any atom is -0.326 e. The third kappa shape index (κ3) is 4.81. The highest BCUT2D eigenvalue weighted by Gasteiger charge is 2.36. The number of anilines is 1. The Morgan fingerprint density at radius 3 is 2.23 bits per heavy atom.